The molecule has 0 bridgehead atoms. The molecule has 1 heterocycles. The van der Waals surface area contributed by atoms with Gasteiger partial charge in [0.1, 0.15) is 0 Å². The average molecular weight is 326 g/mol. The molecule has 3 aromatic rings. The summed E-state index contributed by atoms with van der Waals surface area (Å²) in [7, 11) is 1.61. The lowest BCUT2D eigenvalue weighted by Gasteiger charge is -2.17. The van der Waals surface area contributed by atoms with Crippen LogP contribution in [-0.4, -0.2) is 33.3 Å². The highest BCUT2D eigenvalue weighted by Gasteiger charge is 2.14. The van der Waals surface area contributed by atoms with Gasteiger partial charge in [-0.05, 0) is 29.9 Å². The molecule has 0 aliphatic rings. The second-order valence-corrected chi connectivity index (χ2v) is 5.25. The molecule has 3 rings (SSSR count). The number of nitrogens with two attached hydrogens (primary N) is 1. The Bertz CT molecular complexity index is 902. The highest BCUT2D eigenvalue weighted by atomic mass is 32.1. The Kier molecular flexibility index (Phi) is 3.90. The molecule has 0 atom stereocenters. The van der Waals surface area contributed by atoms with Crippen molar-refractivity contribution in [2.45, 2.75) is 0 Å². The molecule has 2 amide bonds. The van der Waals surface area contributed by atoms with Crippen molar-refractivity contribution < 1.29 is 4.79 Å². The maximum Gasteiger partial charge on any atom is 0.318 e. The summed E-state index contributed by atoms with van der Waals surface area (Å²) >= 11 is 5.19. The van der Waals surface area contributed by atoms with Crippen LogP contribution < -0.4 is 10.6 Å². The highest BCUT2D eigenvalue weighted by Crippen LogP contribution is 2.30. The molecule has 8 heteroatoms. The molecular weight excluding hydrogens is 312 g/mol. The van der Waals surface area contributed by atoms with Gasteiger partial charge < -0.3 is 5.73 Å². The largest absolute Gasteiger partial charge is 0.351 e. The van der Waals surface area contributed by atoms with Crippen LogP contribution >= 0.6 is 12.2 Å². The molecule has 0 aliphatic heterocycles. The second-order valence-electron chi connectivity index (χ2n) is 4.88. The molecule has 0 spiro atoms. The minimum atomic E-state index is -0.547. The van der Waals surface area contributed by atoms with E-state index in [1.165, 1.54) is 4.90 Å². The lowest BCUT2D eigenvalue weighted by molar-refractivity contribution is 0.255. The van der Waals surface area contributed by atoms with E-state index in [1.807, 2.05) is 48.5 Å². The molecule has 0 radical (unpaired) electrons. The van der Waals surface area contributed by atoms with Crippen molar-refractivity contribution in [3.05, 3.63) is 53.3 Å². The number of carbonyl (C=O) groups is 1. The number of carbonyl (C=O) groups excluding carboxylic acids is 1. The van der Waals surface area contributed by atoms with E-state index in [2.05, 4.69) is 15.5 Å². The van der Waals surface area contributed by atoms with Crippen molar-refractivity contribution in [1.82, 2.24) is 20.2 Å². The van der Waals surface area contributed by atoms with Crippen LogP contribution in [0.3, 0.4) is 0 Å². The maximum absolute atomic E-state index is 11.4. The summed E-state index contributed by atoms with van der Waals surface area (Å²) in [5.41, 5.74) is 8.65. The Morgan fingerprint density at radius 3 is 2.61 bits per heavy atom. The number of benzene rings is 2. The number of primary amides is 1. The zero-order valence-electron chi connectivity index (χ0n) is 12.3. The SMILES string of the molecule is CN(C(N)=O)c1ccc(-c2ccccc2)c(-n2[nH]nnc2=S)c1. The molecule has 116 valence electrons. The number of rotatable bonds is 3. The standard InChI is InChI=1S/C15H14N6OS/c1-20(14(16)22)11-7-8-12(10-5-3-2-4-6-10)13(9-11)21-15(23)17-18-19-21/h2-9H,1H3,(H2,16,22)(H,17,19,23). The fourth-order valence-electron chi connectivity index (χ4n) is 2.26. The van der Waals surface area contributed by atoms with Gasteiger partial charge in [0.2, 0.25) is 4.77 Å². The third kappa shape index (κ3) is 2.84. The second kappa shape index (κ2) is 6.01. The minimum Gasteiger partial charge on any atom is -0.351 e. The molecule has 3 N–H and O–H groups in total. The third-order valence-corrected chi connectivity index (χ3v) is 3.76. The number of anilines is 1. The van der Waals surface area contributed by atoms with Crippen molar-refractivity contribution in [3.63, 3.8) is 0 Å². The molecule has 0 saturated carbocycles. The van der Waals surface area contributed by atoms with Gasteiger partial charge in [-0.3, -0.25) is 4.90 Å². The van der Waals surface area contributed by atoms with Crippen LogP contribution in [0.4, 0.5) is 10.5 Å². The maximum atomic E-state index is 11.4. The number of urea groups is 1. The fraction of sp³-hybridized carbons (Fsp3) is 0.0667. The summed E-state index contributed by atoms with van der Waals surface area (Å²) < 4.78 is 1.87. The number of nitrogens with zero attached hydrogens (tertiary/aromatic N) is 4. The van der Waals surface area contributed by atoms with Gasteiger partial charge >= 0.3 is 6.03 Å². The van der Waals surface area contributed by atoms with Crippen LogP contribution in [0.2, 0.25) is 0 Å². The first kappa shape index (κ1) is 14.9. The van der Waals surface area contributed by atoms with Gasteiger partial charge in [0.15, 0.2) is 0 Å². The normalized spacial score (nSPS) is 10.5. The lowest BCUT2D eigenvalue weighted by Crippen LogP contribution is -2.31. The van der Waals surface area contributed by atoms with Crippen molar-refractivity contribution >= 4 is 23.9 Å². The van der Waals surface area contributed by atoms with Crippen LogP contribution in [0, 0.1) is 4.77 Å². The van der Waals surface area contributed by atoms with Gasteiger partial charge in [0, 0.05) is 18.3 Å². The van der Waals surface area contributed by atoms with Crippen LogP contribution in [-0.2, 0) is 0 Å². The van der Waals surface area contributed by atoms with Crippen LogP contribution in [0.1, 0.15) is 0 Å². The van der Waals surface area contributed by atoms with Gasteiger partial charge in [0.25, 0.3) is 0 Å². The third-order valence-electron chi connectivity index (χ3n) is 3.50. The van der Waals surface area contributed by atoms with Gasteiger partial charge in [-0.2, -0.15) is 5.21 Å². The molecule has 0 aliphatic carbocycles. The van der Waals surface area contributed by atoms with Crippen molar-refractivity contribution in [2.24, 2.45) is 5.73 Å². The lowest BCUT2D eigenvalue weighted by atomic mass is 10.0. The summed E-state index contributed by atoms with van der Waals surface area (Å²) in [4.78, 5) is 12.8. The van der Waals surface area contributed by atoms with Crippen molar-refractivity contribution in [2.75, 3.05) is 11.9 Å². The molecule has 2 aromatic carbocycles. The van der Waals surface area contributed by atoms with Crippen LogP contribution in [0.5, 0.6) is 0 Å². The average Bonchev–Trinajstić information content (AvgIpc) is 3.00. The summed E-state index contributed by atoms with van der Waals surface area (Å²) in [5, 5.41) is 10.3. The first-order valence-electron chi connectivity index (χ1n) is 6.81. The first-order valence-corrected chi connectivity index (χ1v) is 7.22. The quantitative estimate of drug-likeness (QED) is 0.723. The summed E-state index contributed by atoms with van der Waals surface area (Å²) in [6.45, 7) is 0. The van der Waals surface area contributed by atoms with Crippen LogP contribution in [0.25, 0.3) is 16.8 Å². The number of hydrogen-bond donors (Lipinski definition) is 2. The number of amides is 2. The Labute approximate surface area is 137 Å². The van der Waals surface area contributed by atoms with E-state index in [0.29, 0.717) is 10.5 Å². The number of hydrogen-bond acceptors (Lipinski definition) is 4. The summed E-state index contributed by atoms with van der Waals surface area (Å²) in [5.74, 6) is 0. The van der Waals surface area contributed by atoms with E-state index >= 15 is 0 Å². The zero-order chi connectivity index (χ0) is 16.4. The number of aromatic nitrogens is 4. The molecule has 0 saturated heterocycles. The number of H-pyrrole nitrogens is 1. The molecule has 0 fully saturated rings. The van der Waals surface area contributed by atoms with Crippen molar-refractivity contribution in [3.8, 4) is 16.8 Å². The Balaban J connectivity index is 2.23. The summed E-state index contributed by atoms with van der Waals surface area (Å²) in [6.07, 6.45) is 0. The smallest absolute Gasteiger partial charge is 0.318 e. The van der Waals surface area contributed by atoms with E-state index in [4.69, 9.17) is 18.0 Å². The van der Waals surface area contributed by atoms with Crippen LogP contribution in [0.15, 0.2) is 48.5 Å². The predicted octanol–water partition coefficient (Wildman–Crippen LogP) is 2.51. The number of aromatic amines is 1. The topological polar surface area (TPSA) is 92.8 Å². The molecule has 7 nitrogen and oxygen atoms in total. The van der Waals surface area contributed by atoms with E-state index in [9.17, 15) is 4.79 Å². The van der Waals surface area contributed by atoms with Gasteiger partial charge in [-0.25, -0.2) is 9.48 Å². The Hall–Kier alpha value is -3.00. The Morgan fingerprint density at radius 2 is 2.00 bits per heavy atom. The van der Waals surface area contributed by atoms with E-state index in [0.717, 1.165) is 16.8 Å². The Morgan fingerprint density at radius 1 is 1.26 bits per heavy atom. The monoisotopic (exact) mass is 326 g/mol. The molecule has 1 aromatic heterocycles. The number of nitrogens with one attached hydrogen (secondary N) is 1. The fourth-order valence-corrected chi connectivity index (χ4v) is 2.44. The first-order chi connectivity index (χ1) is 11.1. The molecular formula is C15H14N6OS. The molecule has 23 heavy (non-hydrogen) atoms. The minimum absolute atomic E-state index is 0.293. The van der Waals surface area contributed by atoms with Gasteiger partial charge in [-0.1, -0.05) is 46.7 Å². The summed E-state index contributed by atoms with van der Waals surface area (Å²) in [6, 6.07) is 14.8. The highest BCUT2D eigenvalue weighted by molar-refractivity contribution is 7.71. The van der Waals surface area contributed by atoms with E-state index < -0.39 is 6.03 Å². The number of tetrazole rings is 1. The van der Waals surface area contributed by atoms with E-state index in [1.54, 1.807) is 11.7 Å². The van der Waals surface area contributed by atoms with Gasteiger partial charge in [-0.15, -0.1) is 0 Å². The predicted molar refractivity (Wildman–Crippen MR) is 90.0 cm³/mol. The van der Waals surface area contributed by atoms with E-state index in [-0.39, 0.29) is 0 Å². The zero-order valence-corrected chi connectivity index (χ0v) is 13.1. The van der Waals surface area contributed by atoms with Gasteiger partial charge in [0.05, 0.1) is 5.69 Å². The van der Waals surface area contributed by atoms with Crippen molar-refractivity contribution in [1.29, 1.82) is 0 Å². The molecule has 0 unspecified atom stereocenters.